The van der Waals surface area contributed by atoms with E-state index in [2.05, 4.69) is 4.98 Å². The molecule has 3 rings (SSSR count). The van der Waals surface area contributed by atoms with Crippen LogP contribution in [0.1, 0.15) is 0 Å². The van der Waals surface area contributed by atoms with Crippen molar-refractivity contribution in [3.8, 4) is 5.75 Å². The van der Waals surface area contributed by atoms with Gasteiger partial charge in [-0.05, 0) is 24.3 Å². The number of nitrogens with zero attached hydrogens (tertiary/aromatic N) is 2. The van der Waals surface area contributed by atoms with Crippen LogP contribution in [0.25, 0.3) is 10.9 Å². The summed E-state index contributed by atoms with van der Waals surface area (Å²) in [5.74, 6) is 0.521. The summed E-state index contributed by atoms with van der Waals surface area (Å²) in [5, 5.41) is 1.44. The lowest BCUT2D eigenvalue weighted by Crippen LogP contribution is -2.23. The van der Waals surface area contributed by atoms with E-state index in [0.717, 1.165) is 0 Å². The van der Waals surface area contributed by atoms with Gasteiger partial charge in [-0.25, -0.2) is 4.98 Å². The van der Waals surface area contributed by atoms with Crippen molar-refractivity contribution in [2.24, 2.45) is 0 Å². The second-order valence-corrected chi connectivity index (χ2v) is 6.06. The monoisotopic (exact) mass is 378 g/mol. The Hall–Kier alpha value is -2.08. The van der Waals surface area contributed by atoms with Crippen LogP contribution in [0.15, 0.2) is 53.6 Å². The first-order valence-corrected chi connectivity index (χ1v) is 8.51. The summed E-state index contributed by atoms with van der Waals surface area (Å²) in [6.45, 7) is 1.52. The Morgan fingerprint density at radius 2 is 1.84 bits per heavy atom. The highest BCUT2D eigenvalue weighted by molar-refractivity contribution is 6.42. The molecule has 0 N–H and O–H groups in total. The van der Waals surface area contributed by atoms with Gasteiger partial charge in [0, 0.05) is 0 Å². The molecule has 0 unspecified atom stereocenters. The largest absolute Gasteiger partial charge is 0.490 e. The first-order valence-electron chi connectivity index (χ1n) is 7.75. The van der Waals surface area contributed by atoms with Crippen LogP contribution in [0.5, 0.6) is 5.75 Å². The van der Waals surface area contributed by atoms with Crippen LogP contribution in [0.4, 0.5) is 0 Å². The molecule has 2 aromatic carbocycles. The Labute approximate surface area is 154 Å². The van der Waals surface area contributed by atoms with Gasteiger partial charge in [0.25, 0.3) is 5.56 Å². The van der Waals surface area contributed by atoms with Crippen LogP contribution in [0.2, 0.25) is 10.0 Å². The predicted octanol–water partition coefficient (Wildman–Crippen LogP) is 3.80. The number of halogens is 2. The molecule has 0 aliphatic rings. The number of fused-ring (bicyclic) bond motifs is 1. The van der Waals surface area contributed by atoms with Crippen molar-refractivity contribution in [3.05, 3.63) is 69.2 Å². The van der Waals surface area contributed by atoms with Gasteiger partial charge < -0.3 is 9.47 Å². The van der Waals surface area contributed by atoms with E-state index in [0.29, 0.717) is 53.1 Å². The number of hydrogen-bond donors (Lipinski definition) is 0. The number of hydrogen-bond acceptors (Lipinski definition) is 4. The summed E-state index contributed by atoms with van der Waals surface area (Å²) < 4.78 is 12.6. The molecule has 0 radical (unpaired) electrons. The third-order valence-electron chi connectivity index (χ3n) is 3.61. The molecule has 0 aliphatic heterocycles. The molecule has 0 aliphatic carbocycles. The number of para-hydroxylation sites is 1. The quantitative estimate of drug-likeness (QED) is 0.586. The molecule has 0 bridgehead atoms. The Kier molecular flexibility index (Phi) is 5.91. The van der Waals surface area contributed by atoms with Gasteiger partial charge in [-0.15, -0.1) is 0 Å². The van der Waals surface area contributed by atoms with Crippen LogP contribution in [-0.4, -0.2) is 29.4 Å². The van der Waals surface area contributed by atoms with E-state index in [1.54, 1.807) is 24.3 Å². The van der Waals surface area contributed by atoms with Crippen LogP contribution in [-0.2, 0) is 11.3 Å². The molecule has 7 heteroatoms. The molecule has 25 heavy (non-hydrogen) atoms. The van der Waals surface area contributed by atoms with Gasteiger partial charge in [0.15, 0.2) is 0 Å². The first-order chi connectivity index (χ1) is 12.2. The van der Waals surface area contributed by atoms with Crippen LogP contribution in [0, 0.1) is 0 Å². The van der Waals surface area contributed by atoms with Crippen LogP contribution in [0.3, 0.4) is 0 Å². The van der Waals surface area contributed by atoms with Crippen molar-refractivity contribution in [2.45, 2.75) is 6.54 Å². The summed E-state index contributed by atoms with van der Waals surface area (Å²) >= 11 is 12.0. The summed E-state index contributed by atoms with van der Waals surface area (Å²) in [6.07, 6.45) is 1.54. The third-order valence-corrected chi connectivity index (χ3v) is 4.41. The average molecular weight is 379 g/mol. The van der Waals surface area contributed by atoms with E-state index in [9.17, 15) is 4.79 Å². The smallest absolute Gasteiger partial charge is 0.261 e. The molecule has 0 saturated heterocycles. The van der Waals surface area contributed by atoms with Gasteiger partial charge in [-0.1, -0.05) is 41.4 Å². The van der Waals surface area contributed by atoms with Gasteiger partial charge in [0.05, 0.1) is 42.0 Å². The van der Waals surface area contributed by atoms with Gasteiger partial charge in [0.2, 0.25) is 0 Å². The standard InChI is InChI=1S/C18H16Cl2N2O3/c19-14-5-3-7-16(17(14)20)25-11-10-24-9-8-22-12-21-15-6-2-1-4-13(15)18(22)23/h1-7,12H,8-11H2. The van der Waals surface area contributed by atoms with Gasteiger partial charge >= 0.3 is 0 Å². The normalized spacial score (nSPS) is 11.0. The molecule has 1 heterocycles. The van der Waals surface area contributed by atoms with Crippen LogP contribution >= 0.6 is 23.2 Å². The molecule has 130 valence electrons. The zero-order valence-electron chi connectivity index (χ0n) is 13.3. The lowest BCUT2D eigenvalue weighted by Gasteiger charge is -2.10. The van der Waals surface area contributed by atoms with Crippen molar-refractivity contribution >= 4 is 34.1 Å². The fourth-order valence-corrected chi connectivity index (χ4v) is 2.68. The molecule has 0 fully saturated rings. The van der Waals surface area contributed by atoms with E-state index in [1.807, 2.05) is 18.2 Å². The maximum absolute atomic E-state index is 12.3. The maximum atomic E-state index is 12.3. The summed E-state index contributed by atoms with van der Waals surface area (Å²) in [4.78, 5) is 16.6. The van der Waals surface area contributed by atoms with Crippen molar-refractivity contribution in [3.63, 3.8) is 0 Å². The third kappa shape index (κ3) is 4.31. The fourth-order valence-electron chi connectivity index (χ4n) is 2.34. The van der Waals surface area contributed by atoms with Crippen molar-refractivity contribution < 1.29 is 9.47 Å². The molecule has 0 spiro atoms. The summed E-state index contributed by atoms with van der Waals surface area (Å²) in [6, 6.07) is 12.5. The predicted molar refractivity (Wildman–Crippen MR) is 98.8 cm³/mol. The SMILES string of the molecule is O=c1c2ccccc2ncn1CCOCCOc1cccc(Cl)c1Cl. The highest BCUT2D eigenvalue weighted by Crippen LogP contribution is 2.31. The van der Waals surface area contributed by atoms with Crippen molar-refractivity contribution in [2.75, 3.05) is 19.8 Å². The highest BCUT2D eigenvalue weighted by Gasteiger charge is 2.05. The van der Waals surface area contributed by atoms with Crippen LogP contribution < -0.4 is 10.3 Å². The van der Waals surface area contributed by atoms with Gasteiger partial charge in [0.1, 0.15) is 17.4 Å². The lowest BCUT2D eigenvalue weighted by atomic mass is 10.2. The maximum Gasteiger partial charge on any atom is 0.261 e. The fraction of sp³-hybridized carbons (Fsp3) is 0.222. The zero-order chi connectivity index (χ0) is 17.6. The van der Waals surface area contributed by atoms with E-state index in [-0.39, 0.29) is 5.56 Å². The molecular formula is C18H16Cl2N2O3. The Bertz CT molecular complexity index is 928. The topological polar surface area (TPSA) is 53.4 Å². The Morgan fingerprint density at radius 3 is 2.72 bits per heavy atom. The molecule has 5 nitrogen and oxygen atoms in total. The molecule has 0 amide bonds. The van der Waals surface area contributed by atoms with Gasteiger partial charge in [-0.2, -0.15) is 0 Å². The second kappa shape index (κ2) is 8.34. The molecule has 3 aromatic rings. The summed E-state index contributed by atoms with van der Waals surface area (Å²) in [7, 11) is 0. The van der Waals surface area contributed by atoms with E-state index in [1.165, 1.54) is 10.9 Å². The molecular weight excluding hydrogens is 363 g/mol. The highest BCUT2D eigenvalue weighted by atomic mass is 35.5. The molecule has 0 saturated carbocycles. The van der Waals surface area contributed by atoms with Crippen molar-refractivity contribution in [1.29, 1.82) is 0 Å². The zero-order valence-corrected chi connectivity index (χ0v) is 14.8. The van der Waals surface area contributed by atoms with E-state index < -0.39 is 0 Å². The average Bonchev–Trinajstić information content (AvgIpc) is 2.63. The number of benzene rings is 2. The number of aromatic nitrogens is 2. The number of ether oxygens (including phenoxy) is 2. The lowest BCUT2D eigenvalue weighted by molar-refractivity contribution is 0.0938. The summed E-state index contributed by atoms with van der Waals surface area (Å²) in [5.41, 5.74) is 0.618. The first kappa shape index (κ1) is 17.7. The number of rotatable bonds is 7. The van der Waals surface area contributed by atoms with E-state index >= 15 is 0 Å². The van der Waals surface area contributed by atoms with E-state index in [4.69, 9.17) is 32.7 Å². The van der Waals surface area contributed by atoms with Crippen molar-refractivity contribution in [1.82, 2.24) is 9.55 Å². The molecule has 1 aromatic heterocycles. The Balaban J connectivity index is 1.47. The Morgan fingerprint density at radius 1 is 1.00 bits per heavy atom. The minimum atomic E-state index is -0.0730. The minimum Gasteiger partial charge on any atom is -0.490 e. The second-order valence-electron chi connectivity index (χ2n) is 5.27. The molecule has 0 atom stereocenters. The van der Waals surface area contributed by atoms with Gasteiger partial charge in [-0.3, -0.25) is 9.36 Å². The minimum absolute atomic E-state index is 0.0730.